The zero-order valence-corrected chi connectivity index (χ0v) is 12.5. The van der Waals surface area contributed by atoms with Crippen LogP contribution >= 0.6 is 0 Å². The number of rotatable bonds is 3. The van der Waals surface area contributed by atoms with E-state index < -0.39 is 0 Å². The molecule has 0 heterocycles. The molecular weight excluding hydrogens is 218 g/mol. The lowest BCUT2D eigenvalue weighted by Gasteiger charge is -2.37. The van der Waals surface area contributed by atoms with Gasteiger partial charge >= 0.3 is 0 Å². The van der Waals surface area contributed by atoms with Crippen molar-refractivity contribution in [3.8, 4) is 0 Å². The maximum Gasteiger partial charge on any atom is 0.00723 e. The molecule has 1 heteroatoms. The normalized spacial score (nSPS) is 49.5. The highest BCUT2D eigenvalue weighted by atomic mass is 15.0. The van der Waals surface area contributed by atoms with Gasteiger partial charge < -0.3 is 5.32 Å². The van der Waals surface area contributed by atoms with Crippen LogP contribution in [0.25, 0.3) is 0 Å². The molecule has 0 saturated heterocycles. The van der Waals surface area contributed by atoms with Crippen molar-refractivity contribution in [3.05, 3.63) is 0 Å². The lowest BCUT2D eigenvalue weighted by molar-refractivity contribution is 0.184. The molecule has 7 unspecified atom stereocenters. The summed E-state index contributed by atoms with van der Waals surface area (Å²) in [6.07, 6.45) is 10.4. The smallest absolute Gasteiger partial charge is 0.00723 e. The highest BCUT2D eigenvalue weighted by Crippen LogP contribution is 2.49. The molecule has 18 heavy (non-hydrogen) atoms. The highest BCUT2D eigenvalue weighted by molar-refractivity contribution is 4.95. The summed E-state index contributed by atoms with van der Waals surface area (Å²) in [5.41, 5.74) is 0. The molecule has 1 nitrogen and oxygen atoms in total. The highest BCUT2D eigenvalue weighted by Gasteiger charge is 2.42. The predicted molar refractivity (Wildman–Crippen MR) is 77.5 cm³/mol. The second-order valence-corrected chi connectivity index (χ2v) is 7.76. The van der Waals surface area contributed by atoms with Gasteiger partial charge in [-0.2, -0.15) is 0 Å². The molecule has 3 aliphatic carbocycles. The van der Waals surface area contributed by atoms with Gasteiger partial charge in [-0.05, 0) is 75.0 Å². The lowest BCUT2D eigenvalue weighted by Crippen LogP contribution is -2.45. The molecule has 0 amide bonds. The van der Waals surface area contributed by atoms with Crippen LogP contribution in [0.5, 0.6) is 0 Å². The number of hydrogen-bond acceptors (Lipinski definition) is 1. The summed E-state index contributed by atoms with van der Waals surface area (Å²) in [6, 6.07) is 1.58. The van der Waals surface area contributed by atoms with Gasteiger partial charge in [-0.25, -0.2) is 0 Å². The summed E-state index contributed by atoms with van der Waals surface area (Å²) in [6.45, 7) is 7.34. The summed E-state index contributed by atoms with van der Waals surface area (Å²) < 4.78 is 0. The number of fused-ring (bicyclic) bond motifs is 2. The van der Waals surface area contributed by atoms with Crippen LogP contribution in [0.15, 0.2) is 0 Å². The molecule has 3 fully saturated rings. The molecule has 0 radical (unpaired) electrons. The van der Waals surface area contributed by atoms with E-state index in [2.05, 4.69) is 26.1 Å². The minimum Gasteiger partial charge on any atom is -0.311 e. The second-order valence-electron chi connectivity index (χ2n) is 7.76. The molecule has 0 aromatic heterocycles. The van der Waals surface area contributed by atoms with Crippen LogP contribution in [0.1, 0.15) is 65.7 Å². The van der Waals surface area contributed by atoms with Crippen molar-refractivity contribution in [2.75, 3.05) is 0 Å². The second kappa shape index (κ2) is 5.15. The molecule has 7 atom stereocenters. The first kappa shape index (κ1) is 13.0. The maximum atomic E-state index is 4.00. The van der Waals surface area contributed by atoms with E-state index in [4.69, 9.17) is 0 Å². The lowest BCUT2D eigenvalue weighted by atomic mass is 9.78. The summed E-state index contributed by atoms with van der Waals surface area (Å²) in [5.74, 6) is 5.02. The summed E-state index contributed by atoms with van der Waals surface area (Å²) in [7, 11) is 0. The third kappa shape index (κ3) is 2.48. The van der Waals surface area contributed by atoms with Crippen molar-refractivity contribution in [3.63, 3.8) is 0 Å². The fraction of sp³-hybridized carbons (Fsp3) is 1.00. The Morgan fingerprint density at radius 2 is 1.72 bits per heavy atom. The van der Waals surface area contributed by atoms with E-state index >= 15 is 0 Å². The van der Waals surface area contributed by atoms with E-state index in [1.165, 1.54) is 38.5 Å². The Morgan fingerprint density at radius 3 is 2.33 bits per heavy atom. The van der Waals surface area contributed by atoms with Crippen LogP contribution in [0.3, 0.4) is 0 Å². The van der Waals surface area contributed by atoms with Gasteiger partial charge in [0.2, 0.25) is 0 Å². The standard InChI is InChI=1S/C17H31N/c1-11-4-7-16(8-12(11)2)18-13(3)17-10-14-5-6-15(17)9-14/h11-18H,4-10H2,1-3H3. The molecular formula is C17H31N. The third-order valence-corrected chi connectivity index (χ3v) is 6.53. The van der Waals surface area contributed by atoms with Crippen LogP contribution in [0, 0.1) is 29.6 Å². The monoisotopic (exact) mass is 249 g/mol. The van der Waals surface area contributed by atoms with E-state index in [0.29, 0.717) is 0 Å². The Bertz CT molecular complexity index is 287. The SMILES string of the molecule is CC1CCC(NC(C)C2CC3CCC2C3)CC1C. The molecule has 0 spiro atoms. The Morgan fingerprint density at radius 1 is 0.889 bits per heavy atom. The van der Waals surface area contributed by atoms with Gasteiger partial charge in [0.05, 0.1) is 0 Å². The molecule has 3 saturated carbocycles. The van der Waals surface area contributed by atoms with Crippen molar-refractivity contribution >= 4 is 0 Å². The van der Waals surface area contributed by atoms with Crippen molar-refractivity contribution in [2.24, 2.45) is 29.6 Å². The summed E-state index contributed by atoms with van der Waals surface area (Å²) in [5, 5.41) is 4.00. The van der Waals surface area contributed by atoms with Gasteiger partial charge in [-0.15, -0.1) is 0 Å². The fourth-order valence-corrected chi connectivity index (χ4v) is 5.10. The predicted octanol–water partition coefficient (Wildman–Crippen LogP) is 4.23. The van der Waals surface area contributed by atoms with Gasteiger partial charge in [0, 0.05) is 12.1 Å². The Kier molecular flexibility index (Phi) is 3.71. The van der Waals surface area contributed by atoms with E-state index in [1.54, 1.807) is 6.42 Å². The largest absolute Gasteiger partial charge is 0.311 e. The van der Waals surface area contributed by atoms with Gasteiger partial charge in [-0.3, -0.25) is 0 Å². The summed E-state index contributed by atoms with van der Waals surface area (Å²) >= 11 is 0. The van der Waals surface area contributed by atoms with E-state index in [0.717, 1.165) is 41.7 Å². The van der Waals surface area contributed by atoms with Crippen molar-refractivity contribution in [2.45, 2.75) is 77.8 Å². The van der Waals surface area contributed by atoms with Crippen LogP contribution in [0.4, 0.5) is 0 Å². The van der Waals surface area contributed by atoms with Crippen molar-refractivity contribution in [1.29, 1.82) is 0 Å². The van der Waals surface area contributed by atoms with E-state index in [-0.39, 0.29) is 0 Å². The van der Waals surface area contributed by atoms with Crippen LogP contribution < -0.4 is 5.32 Å². The van der Waals surface area contributed by atoms with Crippen LogP contribution in [0.2, 0.25) is 0 Å². The minimum atomic E-state index is 0.769. The molecule has 2 bridgehead atoms. The first-order valence-electron chi connectivity index (χ1n) is 8.39. The average Bonchev–Trinajstić information content (AvgIpc) is 2.96. The zero-order valence-electron chi connectivity index (χ0n) is 12.5. The van der Waals surface area contributed by atoms with Crippen molar-refractivity contribution < 1.29 is 0 Å². The average molecular weight is 249 g/mol. The maximum absolute atomic E-state index is 4.00. The molecule has 104 valence electrons. The molecule has 0 aliphatic heterocycles. The third-order valence-electron chi connectivity index (χ3n) is 6.53. The Hall–Kier alpha value is -0.0400. The number of nitrogens with one attached hydrogen (secondary N) is 1. The van der Waals surface area contributed by atoms with E-state index in [1.807, 2.05) is 0 Å². The van der Waals surface area contributed by atoms with Gasteiger partial charge in [0.25, 0.3) is 0 Å². The van der Waals surface area contributed by atoms with Gasteiger partial charge in [0.15, 0.2) is 0 Å². The van der Waals surface area contributed by atoms with Crippen molar-refractivity contribution in [1.82, 2.24) is 5.32 Å². The molecule has 3 aliphatic rings. The van der Waals surface area contributed by atoms with Gasteiger partial charge in [-0.1, -0.05) is 20.3 Å². The molecule has 0 aromatic rings. The first-order valence-corrected chi connectivity index (χ1v) is 8.39. The quantitative estimate of drug-likeness (QED) is 0.789. The fourth-order valence-electron chi connectivity index (χ4n) is 5.10. The first-order chi connectivity index (χ1) is 8.63. The Balaban J connectivity index is 1.50. The number of hydrogen-bond donors (Lipinski definition) is 1. The topological polar surface area (TPSA) is 12.0 Å². The van der Waals surface area contributed by atoms with E-state index in [9.17, 15) is 0 Å². The molecule has 1 N–H and O–H groups in total. The zero-order chi connectivity index (χ0) is 12.7. The molecule has 0 aromatic carbocycles. The van der Waals surface area contributed by atoms with Crippen LogP contribution in [-0.2, 0) is 0 Å². The Labute approximate surface area is 113 Å². The minimum absolute atomic E-state index is 0.769. The van der Waals surface area contributed by atoms with Gasteiger partial charge in [0.1, 0.15) is 0 Å². The van der Waals surface area contributed by atoms with Crippen LogP contribution in [-0.4, -0.2) is 12.1 Å². The summed E-state index contributed by atoms with van der Waals surface area (Å²) in [4.78, 5) is 0. The molecule has 3 rings (SSSR count).